The van der Waals surface area contributed by atoms with Gasteiger partial charge in [0.25, 0.3) is 10.1 Å². The van der Waals surface area contributed by atoms with Crippen LogP contribution in [0.25, 0.3) is 0 Å². The lowest BCUT2D eigenvalue weighted by Crippen LogP contribution is -2.08. The molecule has 0 amide bonds. The van der Waals surface area contributed by atoms with E-state index in [9.17, 15) is 8.42 Å². The Kier molecular flexibility index (Phi) is 2.37. The van der Waals surface area contributed by atoms with Crippen LogP contribution >= 0.6 is 20.7 Å². The molecule has 0 radical (unpaired) electrons. The standard InChI is InChI=1S/C5H5IO3S/c7-10(8,9)5-3-1-2-4-6-5/h1-4H,(H,7,8,9). The minimum absolute atomic E-state index is 0.161. The fourth-order valence-electron chi connectivity index (χ4n) is 0.450. The SMILES string of the molecule is O=S(=O)(O)C1=IC=CC=C1. The zero-order valence-electron chi connectivity index (χ0n) is 4.86. The van der Waals surface area contributed by atoms with Gasteiger partial charge in [0.2, 0.25) is 0 Å². The molecule has 0 fully saturated rings. The summed E-state index contributed by atoms with van der Waals surface area (Å²) in [4.78, 5) is 0. The molecule has 1 rings (SSSR count). The van der Waals surface area contributed by atoms with Crippen LogP contribution in [0.3, 0.4) is 0 Å². The molecular weight excluding hydrogens is 267 g/mol. The van der Waals surface area contributed by atoms with Crippen molar-refractivity contribution in [2.75, 3.05) is 0 Å². The highest BCUT2D eigenvalue weighted by molar-refractivity contribution is 14.2. The summed E-state index contributed by atoms with van der Waals surface area (Å²) >= 11 is -0.630. The Bertz CT molecular complexity index is 310. The van der Waals surface area contributed by atoms with Crippen molar-refractivity contribution in [2.24, 2.45) is 0 Å². The van der Waals surface area contributed by atoms with E-state index in [1.165, 1.54) is 6.08 Å². The molecule has 0 saturated heterocycles. The van der Waals surface area contributed by atoms with E-state index in [2.05, 4.69) is 0 Å². The van der Waals surface area contributed by atoms with Crippen molar-refractivity contribution in [1.82, 2.24) is 0 Å². The van der Waals surface area contributed by atoms with E-state index in [0.29, 0.717) is 0 Å². The van der Waals surface area contributed by atoms with Gasteiger partial charge in [-0.25, -0.2) is 0 Å². The lowest BCUT2D eigenvalue weighted by Gasteiger charge is -1.95. The third-order valence-corrected chi connectivity index (χ3v) is 5.47. The van der Waals surface area contributed by atoms with Gasteiger partial charge in [-0.3, -0.25) is 4.55 Å². The van der Waals surface area contributed by atoms with E-state index in [-0.39, 0.29) is 2.84 Å². The van der Waals surface area contributed by atoms with Crippen molar-refractivity contribution in [1.29, 1.82) is 0 Å². The summed E-state index contributed by atoms with van der Waals surface area (Å²) in [5, 5.41) is 0. The maximum atomic E-state index is 10.4. The molecule has 1 aliphatic rings. The van der Waals surface area contributed by atoms with Gasteiger partial charge in [0.15, 0.2) is 0 Å². The van der Waals surface area contributed by atoms with Crippen LogP contribution in [-0.2, 0) is 10.1 Å². The fraction of sp³-hybridized carbons (Fsp3) is 0. The molecule has 1 heterocycles. The molecular formula is C5H5IO3S. The Morgan fingerprint density at radius 3 is 2.40 bits per heavy atom. The second-order valence-corrected chi connectivity index (χ2v) is 6.19. The monoisotopic (exact) mass is 272 g/mol. The average molecular weight is 272 g/mol. The zero-order valence-corrected chi connectivity index (χ0v) is 7.83. The Balaban J connectivity index is 3.08. The molecule has 0 bridgehead atoms. The first kappa shape index (κ1) is 8.09. The minimum Gasteiger partial charge on any atom is -0.281 e. The molecule has 0 aliphatic carbocycles. The van der Waals surface area contributed by atoms with Crippen LogP contribution in [0.5, 0.6) is 0 Å². The van der Waals surface area contributed by atoms with Crippen molar-refractivity contribution in [3.63, 3.8) is 0 Å². The Morgan fingerprint density at radius 1 is 1.40 bits per heavy atom. The summed E-state index contributed by atoms with van der Waals surface area (Å²) in [6.07, 6.45) is 4.82. The largest absolute Gasteiger partial charge is 0.299 e. The third-order valence-electron chi connectivity index (χ3n) is 0.828. The number of hydrogen-bond acceptors (Lipinski definition) is 2. The molecule has 0 aromatic carbocycles. The van der Waals surface area contributed by atoms with Gasteiger partial charge < -0.3 is 0 Å². The van der Waals surface area contributed by atoms with Gasteiger partial charge in [-0.2, -0.15) is 8.42 Å². The Morgan fingerprint density at radius 2 is 2.10 bits per heavy atom. The van der Waals surface area contributed by atoms with Gasteiger partial charge in [0, 0.05) is 0 Å². The molecule has 0 atom stereocenters. The second kappa shape index (κ2) is 2.93. The predicted molar refractivity (Wildman–Crippen MR) is 48.9 cm³/mol. The fourth-order valence-corrected chi connectivity index (χ4v) is 3.34. The molecule has 3 nitrogen and oxygen atoms in total. The smallest absolute Gasteiger partial charge is 0.281 e. The maximum Gasteiger partial charge on any atom is 0.299 e. The number of hydrogen-bond donors (Lipinski definition) is 1. The summed E-state index contributed by atoms with van der Waals surface area (Å²) in [6, 6.07) is 0. The average Bonchev–Trinajstić information content (AvgIpc) is 1.88. The molecule has 0 aromatic rings. The van der Waals surface area contributed by atoms with E-state index in [0.717, 1.165) is 0 Å². The molecule has 1 aliphatic heterocycles. The van der Waals surface area contributed by atoms with Crippen LogP contribution < -0.4 is 0 Å². The summed E-state index contributed by atoms with van der Waals surface area (Å²) in [7, 11) is -3.90. The first-order chi connectivity index (χ1) is 4.61. The van der Waals surface area contributed by atoms with Gasteiger partial charge in [-0.15, -0.1) is 0 Å². The molecule has 1 N–H and O–H groups in total. The first-order valence-electron chi connectivity index (χ1n) is 2.42. The molecule has 56 valence electrons. The lowest BCUT2D eigenvalue weighted by atomic mass is 10.5. The van der Waals surface area contributed by atoms with Gasteiger partial charge in [0.1, 0.15) is 2.84 Å². The van der Waals surface area contributed by atoms with Crippen LogP contribution in [0.1, 0.15) is 0 Å². The predicted octanol–water partition coefficient (Wildman–Crippen LogP) is 1.06. The van der Waals surface area contributed by atoms with Gasteiger partial charge in [0.05, 0.1) is 0 Å². The Labute approximate surface area is 68.9 Å². The van der Waals surface area contributed by atoms with E-state index in [1.54, 1.807) is 16.2 Å². The maximum absolute atomic E-state index is 10.4. The van der Waals surface area contributed by atoms with Crippen LogP contribution in [0.2, 0.25) is 0 Å². The van der Waals surface area contributed by atoms with E-state index >= 15 is 0 Å². The van der Waals surface area contributed by atoms with Crippen molar-refractivity contribution in [3.8, 4) is 0 Å². The number of rotatable bonds is 1. The van der Waals surface area contributed by atoms with E-state index in [1.807, 2.05) is 0 Å². The van der Waals surface area contributed by atoms with Crippen LogP contribution in [-0.4, -0.2) is 15.8 Å². The molecule has 5 heteroatoms. The molecule has 0 spiro atoms. The minimum atomic E-state index is -3.90. The van der Waals surface area contributed by atoms with Gasteiger partial charge in [-0.05, 0) is 10.2 Å². The zero-order chi connectivity index (χ0) is 7.61. The molecule has 0 unspecified atom stereocenters. The number of allylic oxidation sites excluding steroid dienone is 2. The molecule has 0 saturated carbocycles. The number of halogens is 1. The highest BCUT2D eigenvalue weighted by Gasteiger charge is 2.10. The van der Waals surface area contributed by atoms with E-state index in [4.69, 9.17) is 4.55 Å². The topological polar surface area (TPSA) is 54.4 Å². The normalized spacial score (nSPS) is 17.9. The summed E-state index contributed by atoms with van der Waals surface area (Å²) in [5.41, 5.74) is 0. The quantitative estimate of drug-likeness (QED) is 0.573. The highest BCUT2D eigenvalue weighted by atomic mass is 127. The van der Waals surface area contributed by atoms with Crippen molar-refractivity contribution in [3.05, 3.63) is 22.3 Å². The van der Waals surface area contributed by atoms with Crippen LogP contribution in [0.4, 0.5) is 0 Å². The first-order valence-corrected chi connectivity index (χ1v) is 6.18. The Hall–Kier alpha value is -0.0100. The van der Waals surface area contributed by atoms with Crippen LogP contribution in [0, 0.1) is 0 Å². The summed E-state index contributed by atoms with van der Waals surface area (Å²) in [5.74, 6) is 0. The highest BCUT2D eigenvalue weighted by Crippen LogP contribution is 2.12. The van der Waals surface area contributed by atoms with Crippen LogP contribution in [0.15, 0.2) is 22.3 Å². The molecule has 0 aromatic heterocycles. The van der Waals surface area contributed by atoms with Crippen molar-refractivity contribution < 1.29 is 13.0 Å². The van der Waals surface area contributed by atoms with Crippen molar-refractivity contribution >= 4 is 33.7 Å². The molecule has 10 heavy (non-hydrogen) atoms. The van der Waals surface area contributed by atoms with E-state index < -0.39 is 30.8 Å². The summed E-state index contributed by atoms with van der Waals surface area (Å²) in [6.45, 7) is 0. The van der Waals surface area contributed by atoms with Gasteiger partial charge in [-0.1, -0.05) is 32.9 Å². The van der Waals surface area contributed by atoms with Crippen molar-refractivity contribution in [2.45, 2.75) is 0 Å². The summed E-state index contributed by atoms with van der Waals surface area (Å²) < 4.78 is 31.4. The van der Waals surface area contributed by atoms with Gasteiger partial charge >= 0.3 is 0 Å². The third kappa shape index (κ3) is 1.99. The second-order valence-electron chi connectivity index (χ2n) is 1.57. The lowest BCUT2D eigenvalue weighted by molar-refractivity contribution is 0.499.